The van der Waals surface area contributed by atoms with E-state index in [0.717, 1.165) is 12.0 Å². The van der Waals surface area contributed by atoms with Gasteiger partial charge in [-0.2, -0.15) is 0 Å². The fourth-order valence-corrected chi connectivity index (χ4v) is 3.02. The molecule has 5 heteroatoms. The maximum atomic E-state index is 14.6. The van der Waals surface area contributed by atoms with Gasteiger partial charge < -0.3 is 14.0 Å². The lowest BCUT2D eigenvalue weighted by molar-refractivity contribution is 0.319. The Morgan fingerprint density at radius 3 is 2.42 bits per heavy atom. The number of ether oxygens (including phenoxy) is 2. The lowest BCUT2D eigenvalue weighted by Gasteiger charge is -2.16. The van der Waals surface area contributed by atoms with Crippen LogP contribution in [-0.4, -0.2) is 18.3 Å². The van der Waals surface area contributed by atoms with Crippen molar-refractivity contribution in [1.82, 2.24) is 4.57 Å². The lowest BCUT2D eigenvalue weighted by Crippen LogP contribution is -2.14. The Morgan fingerprint density at radius 2 is 1.81 bits per heavy atom. The molecule has 3 rings (SSSR count). The molecule has 4 nitrogen and oxygen atoms in total. The predicted octanol–water partition coefficient (Wildman–Crippen LogP) is 4.62. The summed E-state index contributed by atoms with van der Waals surface area (Å²) in [6.45, 7) is 5.06. The zero-order chi connectivity index (χ0) is 18.7. The van der Waals surface area contributed by atoms with E-state index in [9.17, 15) is 9.18 Å². The number of halogens is 1. The Bertz CT molecular complexity index is 977. The van der Waals surface area contributed by atoms with Crippen LogP contribution in [0.5, 0.6) is 11.5 Å². The average molecular weight is 355 g/mol. The lowest BCUT2D eigenvalue weighted by atomic mass is 10.0. The van der Waals surface area contributed by atoms with Gasteiger partial charge in [0.25, 0.3) is 0 Å². The third-order valence-corrected chi connectivity index (χ3v) is 4.34. The first-order valence-electron chi connectivity index (χ1n) is 8.73. The van der Waals surface area contributed by atoms with Gasteiger partial charge in [0.05, 0.1) is 24.6 Å². The Morgan fingerprint density at radius 1 is 1.08 bits per heavy atom. The number of hydrogen-bond donors (Lipinski definition) is 0. The monoisotopic (exact) mass is 355 g/mol. The molecule has 0 spiro atoms. The zero-order valence-electron chi connectivity index (χ0n) is 15.2. The van der Waals surface area contributed by atoms with Crippen LogP contribution in [-0.2, 0) is 6.54 Å². The molecule has 1 heterocycles. The van der Waals surface area contributed by atoms with Gasteiger partial charge in [-0.05, 0) is 43.2 Å². The average Bonchev–Trinajstić information content (AvgIpc) is 2.67. The van der Waals surface area contributed by atoms with Crippen LogP contribution < -0.4 is 14.9 Å². The fraction of sp³-hybridized carbons (Fsp3) is 0.286. The van der Waals surface area contributed by atoms with Gasteiger partial charge in [-0.1, -0.05) is 19.1 Å². The number of fused-ring (bicyclic) bond motifs is 1. The molecule has 0 aliphatic rings. The first-order valence-corrected chi connectivity index (χ1v) is 8.73. The minimum Gasteiger partial charge on any atom is -0.497 e. The summed E-state index contributed by atoms with van der Waals surface area (Å²) in [6, 6.07) is 10.1. The quantitative estimate of drug-likeness (QED) is 0.647. The van der Waals surface area contributed by atoms with Crippen LogP contribution in [0, 0.1) is 5.82 Å². The molecule has 0 bridgehead atoms. The Kier molecular flexibility index (Phi) is 5.26. The van der Waals surface area contributed by atoms with Crippen molar-refractivity contribution in [3.05, 3.63) is 58.6 Å². The maximum absolute atomic E-state index is 14.6. The zero-order valence-corrected chi connectivity index (χ0v) is 15.2. The maximum Gasteiger partial charge on any atom is 0.200 e. The SMILES string of the molecule is CCCOc1ccc(F)c2c(=O)c(-c3ccc(OC)cc3)cn(CC)c12. The summed E-state index contributed by atoms with van der Waals surface area (Å²) in [5.74, 6) is 0.696. The summed E-state index contributed by atoms with van der Waals surface area (Å²) in [4.78, 5) is 13.1. The minimum absolute atomic E-state index is 0.0637. The Hall–Kier alpha value is -2.82. The molecule has 0 atom stereocenters. The van der Waals surface area contributed by atoms with E-state index in [0.29, 0.717) is 35.7 Å². The summed E-state index contributed by atoms with van der Waals surface area (Å²) < 4.78 is 27.4. The highest BCUT2D eigenvalue weighted by Gasteiger charge is 2.17. The molecule has 136 valence electrons. The van der Waals surface area contributed by atoms with Gasteiger partial charge in [0, 0.05) is 18.3 Å². The van der Waals surface area contributed by atoms with E-state index in [1.165, 1.54) is 6.07 Å². The molecule has 2 aromatic carbocycles. The molecule has 0 unspecified atom stereocenters. The topological polar surface area (TPSA) is 40.5 Å². The molecule has 0 aliphatic heterocycles. The van der Waals surface area contributed by atoms with Gasteiger partial charge in [0.2, 0.25) is 0 Å². The second-order valence-corrected chi connectivity index (χ2v) is 6.00. The second kappa shape index (κ2) is 7.60. The van der Waals surface area contributed by atoms with E-state index in [1.807, 2.05) is 18.4 Å². The number of pyridine rings is 1. The number of hydrogen-bond acceptors (Lipinski definition) is 3. The van der Waals surface area contributed by atoms with Crippen LogP contribution in [0.3, 0.4) is 0 Å². The van der Waals surface area contributed by atoms with Crippen molar-refractivity contribution in [1.29, 1.82) is 0 Å². The molecular weight excluding hydrogens is 333 g/mol. The van der Waals surface area contributed by atoms with E-state index < -0.39 is 5.82 Å². The van der Waals surface area contributed by atoms with Crippen molar-refractivity contribution in [2.75, 3.05) is 13.7 Å². The highest BCUT2D eigenvalue weighted by atomic mass is 19.1. The fourth-order valence-electron chi connectivity index (χ4n) is 3.02. The number of methoxy groups -OCH3 is 1. The van der Waals surface area contributed by atoms with E-state index >= 15 is 0 Å². The normalized spacial score (nSPS) is 10.9. The third kappa shape index (κ3) is 3.17. The number of benzene rings is 2. The van der Waals surface area contributed by atoms with Crippen LogP contribution >= 0.6 is 0 Å². The van der Waals surface area contributed by atoms with Gasteiger partial charge in [0.15, 0.2) is 5.43 Å². The van der Waals surface area contributed by atoms with Crippen LogP contribution in [0.1, 0.15) is 20.3 Å². The van der Waals surface area contributed by atoms with E-state index in [2.05, 4.69) is 0 Å². The minimum atomic E-state index is -0.536. The second-order valence-electron chi connectivity index (χ2n) is 6.00. The van der Waals surface area contributed by atoms with Gasteiger partial charge in [-0.15, -0.1) is 0 Å². The largest absolute Gasteiger partial charge is 0.497 e. The summed E-state index contributed by atoms with van der Waals surface area (Å²) in [7, 11) is 1.59. The van der Waals surface area contributed by atoms with Gasteiger partial charge >= 0.3 is 0 Å². The van der Waals surface area contributed by atoms with Crippen molar-refractivity contribution >= 4 is 10.9 Å². The van der Waals surface area contributed by atoms with Crippen LogP contribution in [0.25, 0.3) is 22.0 Å². The summed E-state index contributed by atoms with van der Waals surface area (Å²) in [6.07, 6.45) is 2.60. The highest BCUT2D eigenvalue weighted by Crippen LogP contribution is 2.29. The number of aromatic nitrogens is 1. The summed E-state index contributed by atoms with van der Waals surface area (Å²) >= 11 is 0. The van der Waals surface area contributed by atoms with Crippen molar-refractivity contribution in [2.24, 2.45) is 0 Å². The molecule has 0 N–H and O–H groups in total. The molecule has 0 aliphatic carbocycles. The van der Waals surface area contributed by atoms with E-state index in [4.69, 9.17) is 9.47 Å². The van der Waals surface area contributed by atoms with E-state index in [1.54, 1.807) is 43.6 Å². The number of rotatable bonds is 6. The smallest absolute Gasteiger partial charge is 0.200 e. The van der Waals surface area contributed by atoms with Gasteiger partial charge in [-0.25, -0.2) is 4.39 Å². The van der Waals surface area contributed by atoms with Crippen LogP contribution in [0.15, 0.2) is 47.4 Å². The predicted molar refractivity (Wildman–Crippen MR) is 102 cm³/mol. The Labute approximate surface area is 151 Å². The summed E-state index contributed by atoms with van der Waals surface area (Å²) in [5, 5.41) is 0.0637. The molecule has 26 heavy (non-hydrogen) atoms. The van der Waals surface area contributed by atoms with Gasteiger partial charge in [-0.3, -0.25) is 4.79 Å². The van der Waals surface area contributed by atoms with Crippen molar-refractivity contribution in [3.8, 4) is 22.6 Å². The first-order chi connectivity index (χ1) is 12.6. The van der Waals surface area contributed by atoms with Crippen molar-refractivity contribution in [2.45, 2.75) is 26.8 Å². The van der Waals surface area contributed by atoms with Gasteiger partial charge in [0.1, 0.15) is 17.3 Å². The Balaban J connectivity index is 2.28. The molecule has 0 radical (unpaired) electrons. The van der Waals surface area contributed by atoms with Crippen molar-refractivity contribution < 1.29 is 13.9 Å². The number of aryl methyl sites for hydroxylation is 1. The molecule has 0 amide bonds. The highest BCUT2D eigenvalue weighted by molar-refractivity contribution is 5.89. The molecule has 3 aromatic rings. The molecular formula is C21H22FNO3. The standard InChI is InChI=1S/C21H22FNO3/c1-4-12-26-18-11-10-17(22)19-20(18)23(5-2)13-16(21(19)24)14-6-8-15(25-3)9-7-14/h6-11,13H,4-5,12H2,1-3H3. The molecule has 1 aromatic heterocycles. The molecule has 0 saturated carbocycles. The summed E-state index contributed by atoms with van der Waals surface area (Å²) in [5.41, 5.74) is 1.34. The third-order valence-electron chi connectivity index (χ3n) is 4.34. The van der Waals surface area contributed by atoms with Crippen LogP contribution in [0.4, 0.5) is 4.39 Å². The first kappa shape index (κ1) is 18.0. The van der Waals surface area contributed by atoms with Crippen LogP contribution in [0.2, 0.25) is 0 Å². The van der Waals surface area contributed by atoms with E-state index in [-0.39, 0.29) is 10.8 Å². The van der Waals surface area contributed by atoms with Crippen molar-refractivity contribution in [3.63, 3.8) is 0 Å². The molecule has 0 saturated heterocycles. The number of nitrogens with zero attached hydrogens (tertiary/aromatic N) is 1. The molecule has 0 fully saturated rings.